The van der Waals surface area contributed by atoms with Gasteiger partial charge in [0, 0.05) is 22.1 Å². The van der Waals surface area contributed by atoms with E-state index < -0.39 is 0 Å². The van der Waals surface area contributed by atoms with Crippen LogP contribution in [0.25, 0.3) is 77.2 Å². The largest absolute Gasteiger partial charge is 0.309 e. The Balaban J connectivity index is 1.19. The molecule has 354 valence electrons. The van der Waals surface area contributed by atoms with Gasteiger partial charge in [0.1, 0.15) is 0 Å². The zero-order valence-corrected chi connectivity index (χ0v) is 43.0. The molecule has 12 rings (SSSR count). The Hall–Kier alpha value is -8.26. The molecule has 11 aromatic carbocycles. The zero-order chi connectivity index (χ0) is 50.1. The van der Waals surface area contributed by atoms with Crippen LogP contribution in [-0.4, -0.2) is 0 Å². The molecule has 0 fully saturated rings. The molecule has 0 aliphatic heterocycles. The van der Waals surface area contributed by atoms with Crippen LogP contribution in [0, 0.1) is 0 Å². The molecule has 0 saturated carbocycles. The van der Waals surface area contributed by atoms with Gasteiger partial charge in [-0.1, -0.05) is 266 Å². The van der Waals surface area contributed by atoms with E-state index in [0.717, 1.165) is 39.3 Å². The molecular weight excluding hydrogens is 879 g/mol. The van der Waals surface area contributed by atoms with Gasteiger partial charge in [-0.2, -0.15) is 0 Å². The van der Waals surface area contributed by atoms with E-state index in [1.54, 1.807) is 0 Å². The van der Waals surface area contributed by atoms with Crippen LogP contribution in [0.15, 0.2) is 243 Å². The summed E-state index contributed by atoms with van der Waals surface area (Å²) >= 11 is 0. The van der Waals surface area contributed by atoms with Gasteiger partial charge in [0.15, 0.2) is 0 Å². The first-order valence-electron chi connectivity index (χ1n) is 25.9. The molecule has 1 aliphatic rings. The minimum atomic E-state index is -0.389. The van der Waals surface area contributed by atoms with Gasteiger partial charge in [-0.3, -0.25) is 0 Å². The highest BCUT2D eigenvalue weighted by molar-refractivity contribution is 6.10. The molecule has 11 aromatic rings. The number of benzene rings is 11. The molecule has 1 atom stereocenters. The molecule has 0 aromatic heterocycles. The van der Waals surface area contributed by atoms with E-state index in [1.165, 1.54) is 82.7 Å². The van der Waals surface area contributed by atoms with Crippen LogP contribution in [0.1, 0.15) is 76.3 Å². The van der Waals surface area contributed by atoms with Crippen molar-refractivity contribution in [3.8, 4) is 55.6 Å². The molecule has 0 radical (unpaired) electrons. The Bertz CT molecular complexity index is 3840. The third kappa shape index (κ3) is 7.87. The van der Waals surface area contributed by atoms with Gasteiger partial charge < -0.3 is 4.90 Å². The van der Waals surface area contributed by atoms with Crippen molar-refractivity contribution in [2.24, 2.45) is 0 Å². The first kappa shape index (κ1) is 45.9. The highest BCUT2D eigenvalue weighted by atomic mass is 15.2. The highest BCUT2D eigenvalue weighted by Crippen LogP contribution is 2.58. The summed E-state index contributed by atoms with van der Waals surface area (Å²) in [5.41, 5.74) is 21.5. The number of rotatable bonds is 8. The summed E-state index contributed by atoms with van der Waals surface area (Å²) < 4.78 is 0. The first-order valence-corrected chi connectivity index (χ1v) is 25.9. The smallest absolute Gasteiger partial charge is 0.0546 e. The van der Waals surface area contributed by atoms with E-state index in [0.29, 0.717) is 0 Å². The number of hydrogen-bond acceptors (Lipinski definition) is 1. The Kier molecular flexibility index (Phi) is 11.2. The maximum atomic E-state index is 2.61. The summed E-state index contributed by atoms with van der Waals surface area (Å²) in [4.78, 5) is 2.61. The zero-order valence-electron chi connectivity index (χ0n) is 43.0. The normalized spacial score (nSPS) is 14.3. The topological polar surface area (TPSA) is 3.24 Å². The Morgan fingerprint density at radius 1 is 0.329 bits per heavy atom. The number of hydrogen-bond donors (Lipinski definition) is 0. The van der Waals surface area contributed by atoms with Crippen molar-refractivity contribution in [2.45, 2.75) is 64.7 Å². The minimum Gasteiger partial charge on any atom is -0.309 e. The van der Waals surface area contributed by atoms with Gasteiger partial charge in [0.05, 0.1) is 17.1 Å². The van der Waals surface area contributed by atoms with Crippen molar-refractivity contribution in [1.29, 1.82) is 0 Å². The van der Waals surface area contributed by atoms with E-state index >= 15 is 0 Å². The van der Waals surface area contributed by atoms with Crippen molar-refractivity contribution in [2.75, 3.05) is 4.90 Å². The standard InChI is InChI=1S/C72H61N/c1-70(2,3)54-44-52(45-55(47-54)71(4,5)6)59-36-21-28-50-29-22-37-61(68(50)59)60-33-17-19-40-65(60)73(66-41-23-39-64-69(66)62-34-16-18-38-63(62)72(64,7)53-30-12-9-13-31-53)67-46-51(42-43-58(67)49-24-10-8-11-25-49)57-35-20-27-48-26-14-15-32-56(48)57/h8-47H,1-7H3. The van der Waals surface area contributed by atoms with Gasteiger partial charge >= 0.3 is 0 Å². The fourth-order valence-corrected chi connectivity index (χ4v) is 11.8. The third-order valence-corrected chi connectivity index (χ3v) is 15.6. The highest BCUT2D eigenvalue weighted by Gasteiger charge is 2.43. The molecule has 1 nitrogen and oxygen atoms in total. The van der Waals surface area contributed by atoms with Gasteiger partial charge in [-0.05, 0) is 124 Å². The lowest BCUT2D eigenvalue weighted by atomic mass is 9.74. The molecule has 0 heterocycles. The maximum Gasteiger partial charge on any atom is 0.0546 e. The second-order valence-corrected chi connectivity index (χ2v) is 22.2. The summed E-state index contributed by atoms with van der Waals surface area (Å²) in [6, 6.07) is 91.0. The number of para-hydroxylation sites is 1. The molecule has 0 amide bonds. The van der Waals surface area contributed by atoms with Crippen molar-refractivity contribution in [3.63, 3.8) is 0 Å². The van der Waals surface area contributed by atoms with Crippen LogP contribution in [0.3, 0.4) is 0 Å². The van der Waals surface area contributed by atoms with Crippen molar-refractivity contribution < 1.29 is 0 Å². The lowest BCUT2D eigenvalue weighted by Gasteiger charge is -2.33. The molecule has 1 unspecified atom stereocenters. The van der Waals surface area contributed by atoms with E-state index in [2.05, 4.69) is 296 Å². The molecular formula is C72H61N. The molecule has 73 heavy (non-hydrogen) atoms. The maximum absolute atomic E-state index is 2.61. The van der Waals surface area contributed by atoms with Crippen LogP contribution in [0.2, 0.25) is 0 Å². The predicted molar refractivity (Wildman–Crippen MR) is 313 cm³/mol. The summed E-state index contributed by atoms with van der Waals surface area (Å²) in [5, 5.41) is 4.92. The lowest BCUT2D eigenvalue weighted by Crippen LogP contribution is -2.22. The van der Waals surface area contributed by atoms with Gasteiger partial charge in [-0.15, -0.1) is 0 Å². The van der Waals surface area contributed by atoms with Gasteiger partial charge in [-0.25, -0.2) is 0 Å². The first-order chi connectivity index (χ1) is 35.4. The van der Waals surface area contributed by atoms with Crippen molar-refractivity contribution >= 4 is 38.6 Å². The number of nitrogens with zero attached hydrogens (tertiary/aromatic N) is 1. The second kappa shape index (κ2) is 17.8. The summed E-state index contributed by atoms with van der Waals surface area (Å²) in [6.07, 6.45) is 0. The Morgan fingerprint density at radius 2 is 0.863 bits per heavy atom. The predicted octanol–water partition coefficient (Wildman–Crippen LogP) is 20.1. The number of anilines is 3. The van der Waals surface area contributed by atoms with E-state index in [-0.39, 0.29) is 16.2 Å². The Labute approximate surface area is 432 Å². The SMILES string of the molecule is CC(C)(C)c1cc(-c2cccc3cccc(-c4ccccc4N(c4cc(-c5cccc6ccccc56)ccc4-c4ccccc4)c4cccc5c4-c4ccccc4C5(C)c4ccccc4)c23)cc(C(C)(C)C)c1. The van der Waals surface area contributed by atoms with Crippen LogP contribution in [0.5, 0.6) is 0 Å². The molecule has 0 spiro atoms. The molecule has 0 saturated heterocycles. The van der Waals surface area contributed by atoms with Crippen LogP contribution < -0.4 is 4.90 Å². The monoisotopic (exact) mass is 939 g/mol. The van der Waals surface area contributed by atoms with Crippen molar-refractivity contribution in [1.82, 2.24) is 0 Å². The number of fused-ring (bicyclic) bond motifs is 5. The average molecular weight is 940 g/mol. The fraction of sp³-hybridized carbons (Fsp3) is 0.139. The van der Waals surface area contributed by atoms with Crippen LogP contribution >= 0.6 is 0 Å². The molecule has 0 bridgehead atoms. The lowest BCUT2D eigenvalue weighted by molar-refractivity contribution is 0.569. The van der Waals surface area contributed by atoms with E-state index in [1.807, 2.05) is 0 Å². The van der Waals surface area contributed by atoms with E-state index in [4.69, 9.17) is 0 Å². The van der Waals surface area contributed by atoms with Crippen molar-refractivity contribution in [3.05, 3.63) is 270 Å². The fourth-order valence-electron chi connectivity index (χ4n) is 11.8. The van der Waals surface area contributed by atoms with Gasteiger partial charge in [0.25, 0.3) is 0 Å². The minimum absolute atomic E-state index is 0.0291. The van der Waals surface area contributed by atoms with Gasteiger partial charge in [0.2, 0.25) is 0 Å². The quantitative estimate of drug-likeness (QED) is 0.147. The second-order valence-electron chi connectivity index (χ2n) is 22.2. The Morgan fingerprint density at radius 3 is 1.59 bits per heavy atom. The summed E-state index contributed by atoms with van der Waals surface area (Å²) in [6.45, 7) is 16.4. The van der Waals surface area contributed by atoms with Crippen LogP contribution in [-0.2, 0) is 16.2 Å². The van der Waals surface area contributed by atoms with E-state index in [9.17, 15) is 0 Å². The third-order valence-electron chi connectivity index (χ3n) is 15.6. The molecule has 0 N–H and O–H groups in total. The molecule has 1 aliphatic carbocycles. The summed E-state index contributed by atoms with van der Waals surface area (Å²) in [7, 11) is 0. The van der Waals surface area contributed by atoms with Crippen LogP contribution in [0.4, 0.5) is 17.1 Å². The average Bonchev–Trinajstić information content (AvgIpc) is 3.69. The molecule has 1 heteroatoms. The summed E-state index contributed by atoms with van der Waals surface area (Å²) in [5.74, 6) is 0.